The Bertz CT molecular complexity index is 3820. The van der Waals surface area contributed by atoms with Crippen molar-refractivity contribution in [1.82, 2.24) is 39.7 Å². The summed E-state index contributed by atoms with van der Waals surface area (Å²) >= 11 is 0. The van der Waals surface area contributed by atoms with Crippen molar-refractivity contribution in [2.45, 2.75) is 77.4 Å². The number of anilines is 9. The van der Waals surface area contributed by atoms with E-state index in [2.05, 4.69) is 73.0 Å². The zero-order valence-electron chi connectivity index (χ0n) is 53.3. The molecule has 6 aromatic rings. The SMILES string of the molecule is COc1cc2c(cc1Nc1ncnc(N)c1C1=CCC(C(=O)N(C)C)CC1)C=NC2.COc1cc2c(cc1Nc1ncnc(N)c1C1=CCC(C(=O)N(C)C)CC1)C=NC2.COc1cc2c(cc1Nc1ncnc(N)c1C1=CCC(C(=O)O)CC1)C=NC2.O=CO.O=CO. The first-order valence-corrected chi connectivity index (χ1v) is 30.0. The number of carbonyl (C=O) groups excluding carboxylic acids is 2. The van der Waals surface area contributed by atoms with Crippen LogP contribution in [0.3, 0.4) is 0 Å². The van der Waals surface area contributed by atoms with E-state index in [0.717, 1.165) is 115 Å². The van der Waals surface area contributed by atoms with E-state index in [-0.39, 0.29) is 42.5 Å². The van der Waals surface area contributed by atoms with Crippen molar-refractivity contribution in [3.05, 3.63) is 124 Å². The maximum absolute atomic E-state index is 12.3. The molecule has 3 aliphatic carbocycles. The van der Waals surface area contributed by atoms with Gasteiger partial charge in [0.15, 0.2) is 0 Å². The van der Waals surface area contributed by atoms with Crippen molar-refractivity contribution in [2.24, 2.45) is 32.7 Å². The van der Waals surface area contributed by atoms with Gasteiger partial charge in [0.05, 0.1) is 80.6 Å². The average molecular weight is 1280 g/mol. The lowest BCUT2D eigenvalue weighted by Gasteiger charge is -2.25. The van der Waals surface area contributed by atoms with Crippen molar-refractivity contribution < 1.29 is 53.5 Å². The number of aromatic nitrogens is 6. The molecule has 3 aromatic carbocycles. The van der Waals surface area contributed by atoms with E-state index in [1.165, 1.54) is 19.0 Å². The van der Waals surface area contributed by atoms with Crippen molar-refractivity contribution in [2.75, 3.05) is 82.7 Å². The van der Waals surface area contributed by atoms with Crippen LogP contribution < -0.4 is 47.4 Å². The Hall–Kier alpha value is -11.3. The van der Waals surface area contributed by atoms with Gasteiger partial charge in [-0.05, 0) is 144 Å². The highest BCUT2D eigenvalue weighted by Crippen LogP contribution is 2.43. The lowest BCUT2D eigenvalue weighted by atomic mass is 9.86. The number of rotatable bonds is 15. The van der Waals surface area contributed by atoms with Crippen LogP contribution in [0, 0.1) is 17.8 Å². The number of amides is 2. The quantitative estimate of drug-likeness (QED) is 0.0435. The van der Waals surface area contributed by atoms with Gasteiger partial charge in [-0.1, -0.05) is 18.2 Å². The molecule has 6 heterocycles. The van der Waals surface area contributed by atoms with Gasteiger partial charge in [-0.3, -0.25) is 38.9 Å². The average Bonchev–Trinajstić information content (AvgIpc) is 1.01. The standard InChI is InChI=1S/2C22H26N6O2.C20H21N5O3.2CH2O2/c2*1-28(2)22(29)14-6-4-13(5-7-14)19-20(23)25-12-26-21(19)27-17-8-15-10-24-11-16(15)9-18(17)30-3;1-28-16-7-14-9-22-8-13(14)6-15(16)25-19-17(18(21)23-10-24-19)11-2-4-12(5-3-11)20(26)27;2*2-1-3/h2*4,8-10,12,14H,5-7,11H2,1-3H3,(H3,23,25,26,27);2,6-8,10,12H,3-5,9H2,1H3,(H,26,27)(H3,21,23,24,25);2*1H,(H,2,3). The number of hydrogen-bond donors (Lipinski definition) is 9. The van der Waals surface area contributed by atoms with Crippen LogP contribution in [0.5, 0.6) is 17.2 Å². The van der Waals surface area contributed by atoms with Crippen LogP contribution in [0.4, 0.5) is 52.0 Å². The lowest BCUT2D eigenvalue weighted by Crippen LogP contribution is -2.30. The summed E-state index contributed by atoms with van der Waals surface area (Å²) in [6.07, 6.45) is 22.0. The predicted octanol–water partition coefficient (Wildman–Crippen LogP) is 8.44. The minimum absolute atomic E-state index is 0.00195. The number of carboxylic acid groups (broad SMARTS) is 3. The molecular weight excluding hydrogens is 1210 g/mol. The molecule has 2 amide bonds. The van der Waals surface area contributed by atoms with Gasteiger partial charge in [0.2, 0.25) is 11.8 Å². The lowest BCUT2D eigenvalue weighted by molar-refractivity contribution is -0.142. The molecule has 6 aliphatic rings. The molecule has 492 valence electrons. The second kappa shape index (κ2) is 32.1. The monoisotopic (exact) mass is 1280 g/mol. The molecule has 3 unspecified atom stereocenters. The van der Waals surface area contributed by atoms with E-state index in [1.54, 1.807) is 59.3 Å². The van der Waals surface area contributed by atoms with Crippen molar-refractivity contribution in [1.29, 1.82) is 0 Å². The number of hydrogen-bond acceptors (Lipinski definition) is 23. The summed E-state index contributed by atoms with van der Waals surface area (Å²) in [5, 5.41) is 33.1. The Morgan fingerprint density at radius 2 is 0.777 bits per heavy atom. The molecule has 12 N–H and O–H groups in total. The molecular formula is C66H77N17O11. The fraction of sp³-hybridized carbons (Fsp3) is 0.333. The number of allylic oxidation sites excluding steroid dienone is 6. The van der Waals surface area contributed by atoms with E-state index in [9.17, 15) is 19.5 Å². The number of fused-ring (bicyclic) bond motifs is 3. The summed E-state index contributed by atoms with van der Waals surface area (Å²) in [6, 6.07) is 11.9. The van der Waals surface area contributed by atoms with E-state index >= 15 is 0 Å². The summed E-state index contributed by atoms with van der Waals surface area (Å²) in [7, 11) is 12.1. The van der Waals surface area contributed by atoms with Gasteiger partial charge in [0, 0.05) is 58.7 Å². The maximum Gasteiger partial charge on any atom is 0.306 e. The first-order valence-electron chi connectivity index (χ1n) is 30.0. The zero-order chi connectivity index (χ0) is 67.6. The van der Waals surface area contributed by atoms with Gasteiger partial charge in [-0.2, -0.15) is 0 Å². The summed E-state index contributed by atoms with van der Waals surface area (Å²) in [5.41, 5.74) is 32.9. The highest BCUT2D eigenvalue weighted by atomic mass is 16.5. The maximum atomic E-state index is 12.3. The Kier molecular flexibility index (Phi) is 23.4. The molecule has 28 heteroatoms. The van der Waals surface area contributed by atoms with Crippen LogP contribution >= 0.6 is 0 Å². The van der Waals surface area contributed by atoms with Crippen LogP contribution in [0.2, 0.25) is 0 Å². The molecule has 0 saturated carbocycles. The van der Waals surface area contributed by atoms with E-state index in [1.807, 2.05) is 61.1 Å². The number of aliphatic carboxylic acids is 1. The fourth-order valence-electron chi connectivity index (χ4n) is 11.6. The van der Waals surface area contributed by atoms with Gasteiger partial charge in [-0.25, -0.2) is 29.9 Å². The Morgan fingerprint density at radius 3 is 1.02 bits per heavy atom. The summed E-state index contributed by atoms with van der Waals surface area (Å²) in [4.78, 5) is 94.6. The second-order valence-electron chi connectivity index (χ2n) is 22.6. The smallest absolute Gasteiger partial charge is 0.306 e. The number of carboxylic acids is 1. The molecule has 12 rings (SSSR count). The van der Waals surface area contributed by atoms with Crippen LogP contribution in [0.15, 0.2) is 88.6 Å². The van der Waals surface area contributed by atoms with Crippen LogP contribution in [0.25, 0.3) is 16.7 Å². The van der Waals surface area contributed by atoms with Crippen LogP contribution in [-0.4, -0.2) is 154 Å². The topological polar surface area (TPSA) is 409 Å². The third-order valence-corrected chi connectivity index (χ3v) is 16.4. The minimum atomic E-state index is -0.768. The van der Waals surface area contributed by atoms with Gasteiger partial charge >= 0.3 is 5.97 Å². The summed E-state index contributed by atoms with van der Waals surface area (Å²) in [5.74, 6) is 4.33. The number of benzene rings is 3. The fourth-order valence-corrected chi connectivity index (χ4v) is 11.6. The van der Waals surface area contributed by atoms with E-state index in [0.29, 0.717) is 98.0 Å². The highest BCUT2D eigenvalue weighted by Gasteiger charge is 2.30. The van der Waals surface area contributed by atoms with Crippen LogP contribution in [0.1, 0.15) is 108 Å². The molecule has 3 aromatic heterocycles. The molecule has 3 atom stereocenters. The molecule has 0 fully saturated rings. The first-order chi connectivity index (χ1) is 45.3. The highest BCUT2D eigenvalue weighted by molar-refractivity contribution is 5.93. The number of methoxy groups -OCH3 is 3. The van der Waals surface area contributed by atoms with E-state index < -0.39 is 5.97 Å². The largest absolute Gasteiger partial charge is 0.495 e. The third-order valence-electron chi connectivity index (χ3n) is 16.4. The van der Waals surface area contributed by atoms with Gasteiger partial charge in [0.1, 0.15) is 71.1 Å². The molecule has 94 heavy (non-hydrogen) atoms. The molecule has 0 saturated heterocycles. The van der Waals surface area contributed by atoms with Crippen molar-refractivity contribution in [3.8, 4) is 17.2 Å². The number of nitrogens with two attached hydrogens (primary N) is 3. The number of nitrogens with zero attached hydrogens (tertiary/aromatic N) is 11. The Labute approximate surface area is 542 Å². The van der Waals surface area contributed by atoms with Gasteiger partial charge < -0.3 is 72.5 Å². The van der Waals surface area contributed by atoms with Gasteiger partial charge in [-0.15, -0.1) is 0 Å². The molecule has 0 spiro atoms. The first kappa shape index (κ1) is 68.6. The van der Waals surface area contributed by atoms with Crippen molar-refractivity contribution >= 4 is 118 Å². The minimum Gasteiger partial charge on any atom is -0.495 e. The third kappa shape index (κ3) is 16.4. The number of nitrogen functional groups attached to an aromatic ring is 3. The second-order valence-corrected chi connectivity index (χ2v) is 22.6. The Balaban J connectivity index is 0.000000173. The molecule has 3 aliphatic heterocycles. The number of carbonyl (C=O) groups is 5. The van der Waals surface area contributed by atoms with Crippen molar-refractivity contribution in [3.63, 3.8) is 0 Å². The predicted molar refractivity (Wildman–Crippen MR) is 360 cm³/mol. The van der Waals surface area contributed by atoms with Gasteiger partial charge in [0.25, 0.3) is 12.9 Å². The summed E-state index contributed by atoms with van der Waals surface area (Å²) in [6.45, 7) is 1.48. The normalized spacial score (nSPS) is 16.6. The molecule has 28 nitrogen and oxygen atoms in total. The number of nitrogens with one attached hydrogen (secondary N) is 3. The van der Waals surface area contributed by atoms with Crippen LogP contribution in [-0.2, 0) is 43.6 Å². The zero-order valence-corrected chi connectivity index (χ0v) is 53.3. The molecule has 0 bridgehead atoms. The molecule has 0 radical (unpaired) electrons. The Morgan fingerprint density at radius 1 is 0.489 bits per heavy atom. The number of ether oxygens (including phenoxy) is 3. The number of aliphatic imine (C=N–C) groups is 3. The van der Waals surface area contributed by atoms with E-state index in [4.69, 9.17) is 51.2 Å². The summed E-state index contributed by atoms with van der Waals surface area (Å²) < 4.78 is 16.7.